The van der Waals surface area contributed by atoms with E-state index in [1.807, 2.05) is 34.8 Å². The molecule has 2 aliphatic rings. The van der Waals surface area contributed by atoms with Crippen LogP contribution < -0.4 is 5.73 Å². The summed E-state index contributed by atoms with van der Waals surface area (Å²) in [6.07, 6.45) is 5.47. The normalized spacial score (nSPS) is 18.8. The number of nitrogens with two attached hydrogens (primary N) is 1. The van der Waals surface area contributed by atoms with Crippen LogP contribution in [0.1, 0.15) is 36.9 Å². The number of aryl methyl sites for hydroxylation is 1. The van der Waals surface area contributed by atoms with Gasteiger partial charge in [-0.05, 0) is 19.3 Å². The van der Waals surface area contributed by atoms with E-state index in [0.29, 0.717) is 0 Å². The number of nitrogens with zero attached hydrogens (tertiary/aromatic N) is 3. The zero-order valence-corrected chi connectivity index (χ0v) is 16.1. The molecule has 0 unspecified atom stereocenters. The van der Waals surface area contributed by atoms with Gasteiger partial charge in [0.1, 0.15) is 0 Å². The molecular weight excluding hydrogens is 348 g/mol. The fourth-order valence-corrected chi connectivity index (χ4v) is 4.34. The molecule has 1 amide bonds. The molecule has 0 atom stereocenters. The van der Waals surface area contributed by atoms with Crippen molar-refractivity contribution in [2.24, 2.45) is 12.8 Å². The van der Waals surface area contributed by atoms with E-state index < -0.39 is 5.54 Å². The minimum absolute atomic E-state index is 0. The van der Waals surface area contributed by atoms with Crippen molar-refractivity contribution in [2.75, 3.05) is 13.1 Å². The van der Waals surface area contributed by atoms with Gasteiger partial charge in [-0.15, -0.1) is 12.4 Å². The Morgan fingerprint density at radius 2 is 1.77 bits per heavy atom. The van der Waals surface area contributed by atoms with Gasteiger partial charge in [0, 0.05) is 43.4 Å². The number of amides is 1. The van der Waals surface area contributed by atoms with Crippen LogP contribution in [0.25, 0.3) is 11.3 Å². The molecule has 0 saturated heterocycles. The van der Waals surface area contributed by atoms with Crippen molar-refractivity contribution in [3.8, 4) is 11.3 Å². The summed E-state index contributed by atoms with van der Waals surface area (Å²) in [7, 11) is 2.00. The lowest BCUT2D eigenvalue weighted by molar-refractivity contribution is -0.136. The van der Waals surface area contributed by atoms with Gasteiger partial charge in [0.05, 0.1) is 11.2 Å². The van der Waals surface area contributed by atoms with E-state index in [4.69, 9.17) is 10.8 Å². The molecule has 2 N–H and O–H groups in total. The molecule has 1 aromatic heterocycles. The third-order valence-electron chi connectivity index (χ3n) is 5.78. The van der Waals surface area contributed by atoms with Crippen molar-refractivity contribution in [1.29, 1.82) is 0 Å². The van der Waals surface area contributed by atoms with Crippen LogP contribution in [0.3, 0.4) is 0 Å². The highest BCUT2D eigenvalue weighted by atomic mass is 35.5. The number of benzene rings is 1. The summed E-state index contributed by atoms with van der Waals surface area (Å²) in [6.45, 7) is 1.47. The fourth-order valence-electron chi connectivity index (χ4n) is 4.34. The molecule has 0 bridgehead atoms. The minimum Gasteiger partial charge on any atom is -0.340 e. The maximum absolute atomic E-state index is 13.0. The molecule has 26 heavy (non-hydrogen) atoms. The summed E-state index contributed by atoms with van der Waals surface area (Å²) in [5, 5.41) is 4.75. The molecule has 0 spiro atoms. The van der Waals surface area contributed by atoms with Crippen LogP contribution in [0.4, 0.5) is 0 Å². The summed E-state index contributed by atoms with van der Waals surface area (Å²) in [5.74, 6) is 0.145. The Bertz CT molecular complexity index is 781. The number of hydrogen-bond donors (Lipinski definition) is 1. The van der Waals surface area contributed by atoms with Gasteiger partial charge in [-0.3, -0.25) is 9.48 Å². The highest BCUT2D eigenvalue weighted by Gasteiger charge is 2.40. The second kappa shape index (κ2) is 7.41. The summed E-state index contributed by atoms with van der Waals surface area (Å²) in [4.78, 5) is 15.0. The molecule has 5 nitrogen and oxygen atoms in total. The Morgan fingerprint density at radius 1 is 1.12 bits per heavy atom. The number of carbonyl (C=O) groups is 1. The van der Waals surface area contributed by atoms with Crippen LogP contribution in [-0.2, 0) is 24.7 Å². The summed E-state index contributed by atoms with van der Waals surface area (Å²) in [5.41, 5.74) is 10.5. The zero-order chi connectivity index (χ0) is 17.4. The predicted octanol–water partition coefficient (Wildman–Crippen LogP) is 2.71. The van der Waals surface area contributed by atoms with Gasteiger partial charge in [0.2, 0.25) is 5.91 Å². The van der Waals surface area contributed by atoms with Crippen molar-refractivity contribution in [3.05, 3.63) is 41.6 Å². The van der Waals surface area contributed by atoms with Crippen LogP contribution >= 0.6 is 12.4 Å². The second-order valence-corrected chi connectivity index (χ2v) is 7.42. The van der Waals surface area contributed by atoms with Crippen molar-refractivity contribution in [2.45, 2.75) is 44.1 Å². The average molecular weight is 375 g/mol. The first-order chi connectivity index (χ1) is 12.1. The first-order valence-electron chi connectivity index (χ1n) is 9.27. The van der Waals surface area contributed by atoms with Gasteiger partial charge in [0.25, 0.3) is 0 Å². The third-order valence-corrected chi connectivity index (χ3v) is 5.78. The predicted molar refractivity (Wildman–Crippen MR) is 105 cm³/mol. The third kappa shape index (κ3) is 3.26. The lowest BCUT2D eigenvalue weighted by Crippen LogP contribution is -2.54. The van der Waals surface area contributed by atoms with Crippen molar-refractivity contribution in [3.63, 3.8) is 0 Å². The maximum atomic E-state index is 13.0. The van der Waals surface area contributed by atoms with Gasteiger partial charge in [-0.1, -0.05) is 43.2 Å². The zero-order valence-electron chi connectivity index (χ0n) is 15.3. The quantitative estimate of drug-likeness (QED) is 0.879. The highest BCUT2D eigenvalue weighted by Crippen LogP contribution is 2.31. The topological polar surface area (TPSA) is 64.2 Å². The molecule has 2 aromatic rings. The van der Waals surface area contributed by atoms with E-state index in [1.54, 1.807) is 0 Å². The molecule has 1 aromatic carbocycles. The Hall–Kier alpha value is -1.85. The number of rotatable bonds is 2. The molecule has 1 fully saturated rings. The number of hydrogen-bond acceptors (Lipinski definition) is 3. The van der Waals surface area contributed by atoms with E-state index in [0.717, 1.165) is 62.9 Å². The Balaban J connectivity index is 0.00000196. The van der Waals surface area contributed by atoms with E-state index >= 15 is 0 Å². The molecule has 1 aliphatic carbocycles. The van der Waals surface area contributed by atoms with Gasteiger partial charge >= 0.3 is 0 Å². The summed E-state index contributed by atoms with van der Waals surface area (Å²) in [6, 6.07) is 10.3. The largest absolute Gasteiger partial charge is 0.340 e. The van der Waals surface area contributed by atoms with E-state index in [9.17, 15) is 4.79 Å². The number of aromatic nitrogens is 2. The van der Waals surface area contributed by atoms with Gasteiger partial charge < -0.3 is 10.6 Å². The maximum Gasteiger partial charge on any atom is 0.242 e. The van der Waals surface area contributed by atoms with Gasteiger partial charge in [-0.2, -0.15) is 5.10 Å². The fraction of sp³-hybridized carbons (Fsp3) is 0.500. The minimum atomic E-state index is -0.628. The molecular formula is C20H27ClN4O. The molecule has 140 valence electrons. The molecule has 6 heteroatoms. The van der Waals surface area contributed by atoms with Crippen LogP contribution in [0.15, 0.2) is 30.3 Å². The van der Waals surface area contributed by atoms with Crippen LogP contribution in [-0.4, -0.2) is 39.2 Å². The Kier molecular flexibility index (Phi) is 5.39. The monoisotopic (exact) mass is 374 g/mol. The molecule has 2 heterocycles. The first kappa shape index (κ1) is 18.9. The molecule has 1 saturated carbocycles. The standard InChI is InChI=1S/C20H26N4O.ClH/c1-23-17-10-14-24(19(25)20(21)11-5-6-12-20)13-9-16(17)18(22-23)15-7-3-2-4-8-15;/h2-4,7-8H,5-6,9-14,21H2,1H3;1H. The molecule has 1 aliphatic heterocycles. The number of carbonyl (C=O) groups excluding carboxylic acids is 1. The second-order valence-electron chi connectivity index (χ2n) is 7.42. The average Bonchev–Trinajstić information content (AvgIpc) is 3.12. The van der Waals surface area contributed by atoms with Gasteiger partial charge in [0.15, 0.2) is 0 Å². The van der Waals surface area contributed by atoms with Crippen molar-refractivity contribution < 1.29 is 4.79 Å². The smallest absolute Gasteiger partial charge is 0.242 e. The van der Waals surface area contributed by atoms with Crippen molar-refractivity contribution >= 4 is 18.3 Å². The van der Waals surface area contributed by atoms with Crippen LogP contribution in [0.5, 0.6) is 0 Å². The first-order valence-corrected chi connectivity index (χ1v) is 9.27. The van der Waals surface area contributed by atoms with Crippen LogP contribution in [0.2, 0.25) is 0 Å². The highest BCUT2D eigenvalue weighted by molar-refractivity contribution is 5.86. The Labute approximate surface area is 161 Å². The summed E-state index contributed by atoms with van der Waals surface area (Å²) >= 11 is 0. The lowest BCUT2D eigenvalue weighted by atomic mass is 9.97. The molecule has 0 radical (unpaired) electrons. The van der Waals surface area contributed by atoms with E-state index in [2.05, 4.69) is 12.1 Å². The SMILES string of the molecule is Cl.Cn1nc(-c2ccccc2)c2c1CCN(C(=O)C1(N)CCCC1)CC2. The van der Waals surface area contributed by atoms with E-state index in [1.165, 1.54) is 11.3 Å². The number of halogens is 1. The summed E-state index contributed by atoms with van der Waals surface area (Å²) < 4.78 is 1.99. The van der Waals surface area contributed by atoms with Crippen molar-refractivity contribution in [1.82, 2.24) is 14.7 Å². The van der Waals surface area contributed by atoms with Crippen LogP contribution in [0, 0.1) is 0 Å². The lowest BCUT2D eigenvalue weighted by Gasteiger charge is -2.30. The molecule has 4 rings (SSSR count). The number of fused-ring (bicyclic) bond motifs is 1. The Morgan fingerprint density at radius 3 is 2.46 bits per heavy atom. The van der Waals surface area contributed by atoms with Gasteiger partial charge in [-0.25, -0.2) is 0 Å². The van der Waals surface area contributed by atoms with E-state index in [-0.39, 0.29) is 18.3 Å².